The Balaban J connectivity index is 1.62. The molecule has 2 nitrogen and oxygen atoms in total. The number of phenolic OH excluding ortho intramolecular Hbond substituents is 2. The van der Waals surface area contributed by atoms with Crippen molar-refractivity contribution in [2.45, 2.75) is 18.3 Å². The SMILES string of the molecule is Oc1ccc(-c2c(CC(Cc3ccccc3)(c3ccccc3)c3ccc(O)cc3)cccc2-c2ccccc2)cc1. The van der Waals surface area contributed by atoms with Crippen LogP contribution < -0.4 is 0 Å². The smallest absolute Gasteiger partial charge is 0.115 e. The molecule has 0 bridgehead atoms. The number of hydrogen-bond acceptors (Lipinski definition) is 2. The van der Waals surface area contributed by atoms with Crippen LogP contribution in [0.25, 0.3) is 22.3 Å². The molecule has 0 aromatic heterocycles. The molecule has 6 aromatic rings. The van der Waals surface area contributed by atoms with Crippen LogP contribution in [0.5, 0.6) is 11.5 Å². The van der Waals surface area contributed by atoms with E-state index in [1.165, 1.54) is 16.7 Å². The Hall–Kier alpha value is -5.08. The molecule has 0 aliphatic rings. The molecule has 0 saturated carbocycles. The fourth-order valence-electron chi connectivity index (χ4n) is 6.02. The van der Waals surface area contributed by atoms with E-state index < -0.39 is 5.41 Å². The molecule has 0 heterocycles. The lowest BCUT2D eigenvalue weighted by Gasteiger charge is -2.37. The number of hydrogen-bond donors (Lipinski definition) is 2. The number of benzene rings is 6. The number of phenols is 2. The Morgan fingerprint density at radius 2 is 0.951 bits per heavy atom. The van der Waals surface area contributed by atoms with E-state index >= 15 is 0 Å². The van der Waals surface area contributed by atoms with Crippen LogP contribution in [0.3, 0.4) is 0 Å². The molecular weight excluding hydrogens is 500 g/mol. The molecule has 0 aliphatic heterocycles. The third-order valence-electron chi connectivity index (χ3n) is 7.98. The summed E-state index contributed by atoms with van der Waals surface area (Å²) in [5.41, 5.74) is 8.92. The average Bonchev–Trinajstić information content (AvgIpc) is 3.03. The molecule has 6 aromatic carbocycles. The van der Waals surface area contributed by atoms with Gasteiger partial charge in [-0.1, -0.05) is 133 Å². The van der Waals surface area contributed by atoms with Crippen LogP contribution in [-0.2, 0) is 18.3 Å². The topological polar surface area (TPSA) is 40.5 Å². The van der Waals surface area contributed by atoms with Gasteiger partial charge in [-0.2, -0.15) is 0 Å². The summed E-state index contributed by atoms with van der Waals surface area (Å²) < 4.78 is 0. The molecule has 2 N–H and O–H groups in total. The van der Waals surface area contributed by atoms with Crippen LogP contribution in [0.2, 0.25) is 0 Å². The third-order valence-corrected chi connectivity index (χ3v) is 7.98. The van der Waals surface area contributed by atoms with E-state index in [0.29, 0.717) is 0 Å². The maximum atomic E-state index is 10.2. The van der Waals surface area contributed by atoms with E-state index in [0.717, 1.165) is 40.7 Å². The van der Waals surface area contributed by atoms with Crippen LogP contribution in [0.15, 0.2) is 158 Å². The van der Waals surface area contributed by atoms with E-state index in [9.17, 15) is 10.2 Å². The van der Waals surface area contributed by atoms with Crippen LogP contribution in [0.1, 0.15) is 22.3 Å². The van der Waals surface area contributed by atoms with E-state index in [-0.39, 0.29) is 11.5 Å². The Kier molecular flexibility index (Phi) is 7.38. The Bertz CT molecular complexity index is 1710. The van der Waals surface area contributed by atoms with Gasteiger partial charge in [0.1, 0.15) is 11.5 Å². The zero-order valence-electron chi connectivity index (χ0n) is 22.8. The normalized spacial score (nSPS) is 12.5. The molecule has 1 unspecified atom stereocenters. The fourth-order valence-corrected chi connectivity index (χ4v) is 6.02. The molecule has 0 amide bonds. The van der Waals surface area contributed by atoms with Gasteiger partial charge in [0.15, 0.2) is 0 Å². The van der Waals surface area contributed by atoms with Crippen molar-refractivity contribution in [1.82, 2.24) is 0 Å². The monoisotopic (exact) mass is 532 g/mol. The predicted molar refractivity (Wildman–Crippen MR) is 168 cm³/mol. The zero-order valence-corrected chi connectivity index (χ0v) is 22.8. The first-order chi connectivity index (χ1) is 20.1. The Labute approximate surface area is 241 Å². The van der Waals surface area contributed by atoms with Gasteiger partial charge in [-0.3, -0.25) is 0 Å². The van der Waals surface area contributed by atoms with Gasteiger partial charge in [-0.25, -0.2) is 0 Å². The highest BCUT2D eigenvalue weighted by molar-refractivity contribution is 5.86. The molecule has 41 heavy (non-hydrogen) atoms. The summed E-state index contributed by atoms with van der Waals surface area (Å²) in [5, 5.41) is 20.3. The molecule has 1 atom stereocenters. The molecule has 200 valence electrons. The summed E-state index contributed by atoms with van der Waals surface area (Å²) in [6, 6.07) is 53.6. The van der Waals surface area contributed by atoms with E-state index in [4.69, 9.17) is 0 Å². The molecule has 0 fully saturated rings. The van der Waals surface area contributed by atoms with Gasteiger partial charge < -0.3 is 10.2 Å². The quantitative estimate of drug-likeness (QED) is 0.205. The van der Waals surface area contributed by atoms with Crippen molar-refractivity contribution >= 4 is 0 Å². The Morgan fingerprint density at radius 1 is 0.415 bits per heavy atom. The first kappa shape index (κ1) is 26.2. The fraction of sp³-hybridized carbons (Fsp3) is 0.0769. The predicted octanol–water partition coefficient (Wildman–Crippen LogP) is 9.20. The van der Waals surface area contributed by atoms with Crippen molar-refractivity contribution in [2.75, 3.05) is 0 Å². The van der Waals surface area contributed by atoms with Crippen molar-refractivity contribution in [1.29, 1.82) is 0 Å². The van der Waals surface area contributed by atoms with Gasteiger partial charge in [0.2, 0.25) is 0 Å². The highest BCUT2D eigenvalue weighted by Gasteiger charge is 2.36. The minimum Gasteiger partial charge on any atom is -0.508 e. The van der Waals surface area contributed by atoms with Crippen LogP contribution in [0.4, 0.5) is 0 Å². The summed E-state index contributed by atoms with van der Waals surface area (Å²) in [5.74, 6) is 0.505. The van der Waals surface area contributed by atoms with E-state index in [1.807, 2.05) is 18.2 Å². The number of aromatic hydroxyl groups is 2. The minimum atomic E-state index is -0.419. The molecular formula is C39H32O2. The van der Waals surface area contributed by atoms with Crippen molar-refractivity contribution in [3.63, 3.8) is 0 Å². The summed E-state index contributed by atoms with van der Waals surface area (Å²) in [4.78, 5) is 0. The van der Waals surface area contributed by atoms with Crippen LogP contribution >= 0.6 is 0 Å². The second-order valence-electron chi connectivity index (χ2n) is 10.6. The van der Waals surface area contributed by atoms with Crippen LogP contribution in [0, 0.1) is 0 Å². The lowest BCUT2D eigenvalue weighted by molar-refractivity contribution is 0.471. The lowest BCUT2D eigenvalue weighted by atomic mass is 9.66. The van der Waals surface area contributed by atoms with E-state index in [1.54, 1.807) is 24.3 Å². The first-order valence-electron chi connectivity index (χ1n) is 14.0. The number of rotatable bonds is 8. The zero-order chi connectivity index (χ0) is 28.1. The molecule has 0 radical (unpaired) electrons. The molecule has 2 heteroatoms. The molecule has 0 spiro atoms. The summed E-state index contributed by atoms with van der Waals surface area (Å²) in [6.07, 6.45) is 1.51. The minimum absolute atomic E-state index is 0.249. The van der Waals surface area contributed by atoms with Gasteiger partial charge >= 0.3 is 0 Å². The van der Waals surface area contributed by atoms with Crippen molar-refractivity contribution in [3.05, 3.63) is 180 Å². The summed E-state index contributed by atoms with van der Waals surface area (Å²) in [6.45, 7) is 0. The van der Waals surface area contributed by atoms with E-state index in [2.05, 4.69) is 115 Å². The molecule has 0 saturated heterocycles. The molecule has 6 rings (SSSR count). The third kappa shape index (κ3) is 5.50. The average molecular weight is 533 g/mol. The Morgan fingerprint density at radius 3 is 1.59 bits per heavy atom. The maximum absolute atomic E-state index is 10.2. The largest absolute Gasteiger partial charge is 0.508 e. The summed E-state index contributed by atoms with van der Waals surface area (Å²) >= 11 is 0. The lowest BCUT2D eigenvalue weighted by Crippen LogP contribution is -2.33. The van der Waals surface area contributed by atoms with Crippen molar-refractivity contribution < 1.29 is 10.2 Å². The second kappa shape index (κ2) is 11.6. The second-order valence-corrected chi connectivity index (χ2v) is 10.6. The maximum Gasteiger partial charge on any atom is 0.115 e. The molecule has 0 aliphatic carbocycles. The van der Waals surface area contributed by atoms with Gasteiger partial charge in [0.05, 0.1) is 0 Å². The summed E-state index contributed by atoms with van der Waals surface area (Å²) in [7, 11) is 0. The highest BCUT2D eigenvalue weighted by atomic mass is 16.3. The van der Waals surface area contributed by atoms with Crippen molar-refractivity contribution in [3.8, 4) is 33.8 Å². The van der Waals surface area contributed by atoms with Gasteiger partial charge in [-0.05, 0) is 81.6 Å². The van der Waals surface area contributed by atoms with Gasteiger partial charge in [-0.15, -0.1) is 0 Å². The first-order valence-corrected chi connectivity index (χ1v) is 14.0. The van der Waals surface area contributed by atoms with Crippen LogP contribution in [-0.4, -0.2) is 10.2 Å². The van der Waals surface area contributed by atoms with Gasteiger partial charge in [0.25, 0.3) is 0 Å². The standard InChI is InChI=1S/C39H32O2/c40-35-23-19-31(20-24-35)38-32(15-10-18-37(38)30-13-6-2-7-14-30)28-39(33-16-8-3-9-17-33,27-29-11-4-1-5-12-29)34-21-25-36(41)26-22-34/h1-26,40-41H,27-28H2. The highest BCUT2D eigenvalue weighted by Crippen LogP contribution is 2.44. The van der Waals surface area contributed by atoms with Gasteiger partial charge in [0, 0.05) is 5.41 Å². The van der Waals surface area contributed by atoms with Crippen molar-refractivity contribution in [2.24, 2.45) is 0 Å².